The predicted octanol–water partition coefficient (Wildman–Crippen LogP) is 4.66. The van der Waals surface area contributed by atoms with Gasteiger partial charge in [-0.15, -0.1) is 0 Å². The zero-order valence-corrected chi connectivity index (χ0v) is 30.8. The van der Waals surface area contributed by atoms with E-state index in [9.17, 15) is 23.1 Å². The maximum absolute atomic E-state index is 14.3. The highest BCUT2D eigenvalue weighted by Gasteiger charge is 2.41. The molecule has 3 aromatic carbocycles. The minimum absolute atomic E-state index is 0.0345. The molecule has 12 nitrogen and oxygen atoms in total. The quantitative estimate of drug-likeness (QED) is 0.144. The first kappa shape index (κ1) is 37.8. The number of fused-ring (bicyclic) bond motifs is 1. The zero-order chi connectivity index (χ0) is 36.7. The van der Waals surface area contributed by atoms with Gasteiger partial charge < -0.3 is 29.9 Å². The number of nitrogens with zero attached hydrogens (tertiary/aromatic N) is 4. The largest absolute Gasteiger partial charge is 0.497 e. The van der Waals surface area contributed by atoms with Crippen LogP contribution in [0.25, 0.3) is 11.0 Å². The van der Waals surface area contributed by atoms with Gasteiger partial charge in [-0.05, 0) is 65.8 Å². The molecule has 0 saturated carbocycles. The summed E-state index contributed by atoms with van der Waals surface area (Å²) in [5, 5.41) is 14.9. The Morgan fingerprint density at radius 1 is 1.02 bits per heavy atom. The van der Waals surface area contributed by atoms with Gasteiger partial charge in [0.1, 0.15) is 11.8 Å². The van der Waals surface area contributed by atoms with Crippen molar-refractivity contribution in [3.8, 4) is 5.75 Å². The van der Waals surface area contributed by atoms with Gasteiger partial charge in [-0.1, -0.05) is 70.5 Å². The Morgan fingerprint density at radius 2 is 1.75 bits per heavy atom. The van der Waals surface area contributed by atoms with Crippen LogP contribution in [-0.2, 0) is 27.8 Å². The Balaban J connectivity index is 1.37. The molecule has 0 bridgehead atoms. The van der Waals surface area contributed by atoms with Crippen molar-refractivity contribution < 1.29 is 27.9 Å². The molecule has 13 heteroatoms. The lowest BCUT2D eigenvalue weighted by Gasteiger charge is -2.35. The fraction of sp³-hybridized carbons (Fsp3) is 0.447. The number of amides is 3. The second-order valence-corrected chi connectivity index (χ2v) is 15.7. The monoisotopic (exact) mass is 718 g/mol. The van der Waals surface area contributed by atoms with Gasteiger partial charge in [0.2, 0.25) is 15.9 Å². The summed E-state index contributed by atoms with van der Waals surface area (Å²) in [6.07, 6.45) is 1.28. The van der Waals surface area contributed by atoms with Crippen LogP contribution in [0.4, 0.5) is 4.79 Å². The number of ether oxygens (including phenoxy) is 1. The first-order chi connectivity index (χ1) is 24.4. The second kappa shape index (κ2) is 16.7. The highest BCUT2D eigenvalue weighted by Crippen LogP contribution is 2.25. The van der Waals surface area contributed by atoms with E-state index in [0.717, 1.165) is 22.2 Å². The molecule has 2 heterocycles. The number of hydrogen-bond donors (Lipinski definition) is 3. The van der Waals surface area contributed by atoms with Crippen molar-refractivity contribution in [2.45, 2.75) is 70.2 Å². The number of aromatic amines is 1. The molecule has 51 heavy (non-hydrogen) atoms. The average Bonchev–Trinajstić information content (AvgIpc) is 3.73. The first-order valence-electron chi connectivity index (χ1n) is 17.5. The van der Waals surface area contributed by atoms with E-state index < -0.39 is 28.2 Å². The Hall–Kier alpha value is -4.46. The normalized spacial score (nSPS) is 16.1. The third-order valence-corrected chi connectivity index (χ3v) is 11.4. The number of methoxy groups -OCH3 is 1. The van der Waals surface area contributed by atoms with Crippen molar-refractivity contribution in [1.29, 1.82) is 0 Å². The van der Waals surface area contributed by atoms with E-state index in [-0.39, 0.29) is 48.2 Å². The highest BCUT2D eigenvalue weighted by atomic mass is 32.2. The number of H-pyrrole nitrogens is 1. The van der Waals surface area contributed by atoms with Crippen LogP contribution in [0, 0.1) is 11.8 Å². The number of carbonyl (C=O) groups is 2. The average molecular weight is 719 g/mol. The Kier molecular flexibility index (Phi) is 12.4. The summed E-state index contributed by atoms with van der Waals surface area (Å²) in [5.41, 5.74) is 3.56. The molecule has 5 rings (SSSR count). The summed E-state index contributed by atoms with van der Waals surface area (Å²) in [6.45, 7) is 8.90. The molecular weight excluding hydrogens is 669 g/mol. The Morgan fingerprint density at radius 3 is 2.41 bits per heavy atom. The van der Waals surface area contributed by atoms with Crippen molar-refractivity contribution in [2.75, 3.05) is 33.3 Å². The lowest BCUT2D eigenvalue weighted by atomic mass is 9.95. The van der Waals surface area contributed by atoms with Crippen molar-refractivity contribution in [1.82, 2.24) is 29.4 Å². The maximum atomic E-state index is 14.3. The van der Waals surface area contributed by atoms with Crippen LogP contribution < -0.4 is 10.1 Å². The molecule has 1 aromatic heterocycles. The Bertz CT molecular complexity index is 1870. The summed E-state index contributed by atoms with van der Waals surface area (Å²) in [6, 6.07) is 19.6. The smallest absolute Gasteiger partial charge is 0.321 e. The number of rotatable bonds is 17. The third kappa shape index (κ3) is 9.07. The molecule has 0 spiro atoms. The molecular formula is C38H50N6O6S. The summed E-state index contributed by atoms with van der Waals surface area (Å²) >= 11 is 0. The number of imidazole rings is 1. The van der Waals surface area contributed by atoms with Crippen LogP contribution in [0.3, 0.4) is 0 Å². The molecule has 4 atom stereocenters. The Labute approximate surface area is 300 Å². The van der Waals surface area contributed by atoms with Gasteiger partial charge in [-0.2, -0.15) is 4.31 Å². The lowest BCUT2D eigenvalue weighted by molar-refractivity contribution is -0.128. The van der Waals surface area contributed by atoms with Gasteiger partial charge in [0.15, 0.2) is 0 Å². The third-order valence-electron chi connectivity index (χ3n) is 9.52. The van der Waals surface area contributed by atoms with Crippen LogP contribution in [0.2, 0.25) is 0 Å². The molecule has 1 saturated heterocycles. The van der Waals surface area contributed by atoms with Crippen LogP contribution in [0.1, 0.15) is 45.2 Å². The minimum atomic E-state index is -4.00. The standard InChI is InChI=1S/C38H50N6O6S/c1-6-27(4)36(44-19-18-42(38(44)47)23-29-12-17-32-33(21-29)40-25-39-32)37(46)41-34(20-28-10-8-7-9-11-28)35(45)24-43(22-26(2)3)51(48,49)31-15-13-30(50-5)14-16-31/h7-17,21,25-27,34-36,45H,6,18-20,22-24H2,1-5H3,(H,39,40)(H,41,46)/t27-,34-,35+,36-/m0/s1. The molecule has 3 N–H and O–H groups in total. The second-order valence-electron chi connectivity index (χ2n) is 13.7. The molecule has 1 fully saturated rings. The van der Waals surface area contributed by atoms with E-state index in [2.05, 4.69) is 15.3 Å². The van der Waals surface area contributed by atoms with E-state index in [0.29, 0.717) is 31.8 Å². The number of carbonyl (C=O) groups excluding carboxylic acids is 2. The lowest BCUT2D eigenvalue weighted by Crippen LogP contribution is -2.57. The topological polar surface area (TPSA) is 148 Å². The number of hydrogen-bond acceptors (Lipinski definition) is 7. The number of nitrogens with one attached hydrogen (secondary N) is 2. The SMILES string of the molecule is CC[C@H](C)[C@@H](C(=O)N[C@@H](Cc1ccccc1)[C@H](O)CN(CC(C)C)S(=O)(=O)c1ccc(OC)cc1)N1CCN(Cc2ccc3nc[nH]c3c2)C1=O. The van der Waals surface area contributed by atoms with Gasteiger partial charge in [0.25, 0.3) is 0 Å². The fourth-order valence-electron chi connectivity index (χ4n) is 6.57. The number of urea groups is 1. The van der Waals surface area contributed by atoms with Crippen LogP contribution in [0.15, 0.2) is 84.0 Å². The molecule has 0 aliphatic carbocycles. The molecule has 1 aliphatic heterocycles. The van der Waals surface area contributed by atoms with Crippen LogP contribution in [0.5, 0.6) is 5.75 Å². The van der Waals surface area contributed by atoms with Gasteiger partial charge in [-0.3, -0.25) is 4.79 Å². The van der Waals surface area contributed by atoms with E-state index in [1.807, 2.05) is 76.2 Å². The molecule has 0 radical (unpaired) electrons. The molecule has 274 valence electrons. The van der Waals surface area contributed by atoms with Crippen molar-refractivity contribution in [2.24, 2.45) is 11.8 Å². The van der Waals surface area contributed by atoms with Gasteiger partial charge >= 0.3 is 6.03 Å². The van der Waals surface area contributed by atoms with E-state index in [1.165, 1.54) is 23.5 Å². The molecule has 3 amide bonds. The highest BCUT2D eigenvalue weighted by molar-refractivity contribution is 7.89. The molecule has 0 unspecified atom stereocenters. The van der Waals surface area contributed by atoms with Crippen LogP contribution >= 0.6 is 0 Å². The number of benzene rings is 3. The van der Waals surface area contributed by atoms with Crippen molar-refractivity contribution in [3.63, 3.8) is 0 Å². The van der Waals surface area contributed by atoms with E-state index in [4.69, 9.17) is 4.74 Å². The summed E-state index contributed by atoms with van der Waals surface area (Å²) in [5.74, 6) is -0.0710. The summed E-state index contributed by atoms with van der Waals surface area (Å²) in [4.78, 5) is 39.0. The zero-order valence-electron chi connectivity index (χ0n) is 30.0. The van der Waals surface area contributed by atoms with E-state index >= 15 is 0 Å². The number of sulfonamides is 1. The van der Waals surface area contributed by atoms with Gasteiger partial charge in [0.05, 0.1) is 41.5 Å². The maximum Gasteiger partial charge on any atom is 0.321 e. The summed E-state index contributed by atoms with van der Waals surface area (Å²) in [7, 11) is -2.49. The first-order valence-corrected chi connectivity index (χ1v) is 19.0. The van der Waals surface area contributed by atoms with Gasteiger partial charge in [-0.25, -0.2) is 18.2 Å². The van der Waals surface area contributed by atoms with E-state index in [1.54, 1.807) is 28.3 Å². The van der Waals surface area contributed by atoms with Gasteiger partial charge in [0, 0.05) is 32.7 Å². The van der Waals surface area contributed by atoms with Crippen molar-refractivity contribution >= 4 is 33.0 Å². The number of aromatic nitrogens is 2. The predicted molar refractivity (Wildman–Crippen MR) is 197 cm³/mol. The number of aliphatic hydroxyl groups excluding tert-OH is 1. The molecule has 4 aromatic rings. The molecule has 1 aliphatic rings. The van der Waals surface area contributed by atoms with Crippen LogP contribution in [-0.4, -0.2) is 101 Å². The summed E-state index contributed by atoms with van der Waals surface area (Å²) < 4.78 is 34.3. The number of aliphatic hydroxyl groups is 1. The fourth-order valence-corrected chi connectivity index (χ4v) is 8.19. The minimum Gasteiger partial charge on any atom is -0.497 e. The van der Waals surface area contributed by atoms with Crippen molar-refractivity contribution in [3.05, 3.63) is 90.3 Å².